The molecule has 0 spiro atoms. The largest absolute Gasteiger partial charge is 0.368 e. The van der Waals surface area contributed by atoms with Gasteiger partial charge < -0.3 is 9.80 Å². The second-order valence-electron chi connectivity index (χ2n) is 5.75. The number of anilines is 2. The monoisotopic (exact) mass is 282 g/mol. The van der Waals surface area contributed by atoms with Gasteiger partial charge in [-0.1, -0.05) is 12.1 Å². The summed E-state index contributed by atoms with van der Waals surface area (Å²) in [7, 11) is 0. The smallest absolute Gasteiger partial charge is 0.225 e. The first-order chi connectivity index (χ1) is 10.1. The summed E-state index contributed by atoms with van der Waals surface area (Å²) in [4.78, 5) is 13.6. The lowest BCUT2D eigenvalue weighted by Gasteiger charge is -2.37. The molecule has 0 atom stereocenters. The Kier molecular flexibility index (Phi) is 3.78. The van der Waals surface area contributed by atoms with Crippen molar-refractivity contribution >= 4 is 11.6 Å². The van der Waals surface area contributed by atoms with Gasteiger partial charge in [-0.2, -0.15) is 0 Å². The van der Waals surface area contributed by atoms with Gasteiger partial charge in [0.1, 0.15) is 0 Å². The Bertz CT molecular complexity index is 613. The minimum absolute atomic E-state index is 0.848. The van der Waals surface area contributed by atoms with E-state index in [1.54, 1.807) is 0 Å². The minimum Gasteiger partial charge on any atom is -0.368 e. The maximum Gasteiger partial charge on any atom is 0.225 e. The van der Waals surface area contributed by atoms with Crippen molar-refractivity contribution in [2.45, 2.75) is 20.8 Å². The molecule has 1 aromatic heterocycles. The van der Waals surface area contributed by atoms with Crippen LogP contribution in [0.2, 0.25) is 0 Å². The van der Waals surface area contributed by atoms with Crippen LogP contribution < -0.4 is 9.80 Å². The average molecular weight is 282 g/mol. The normalized spacial score (nSPS) is 15.4. The number of rotatable bonds is 2. The SMILES string of the molecule is Cc1cnc(N2CCN(c3cccc(C)c3C)CC2)nc1. The van der Waals surface area contributed by atoms with Crippen molar-refractivity contribution in [3.05, 3.63) is 47.3 Å². The highest BCUT2D eigenvalue weighted by molar-refractivity contribution is 5.57. The zero-order chi connectivity index (χ0) is 14.8. The van der Waals surface area contributed by atoms with E-state index in [4.69, 9.17) is 0 Å². The standard InChI is InChI=1S/C17H22N4/c1-13-11-18-17(19-12-13)21-9-7-20(8-10-21)16-6-4-5-14(2)15(16)3/h4-6,11-12H,7-10H2,1-3H3. The van der Waals surface area contributed by atoms with E-state index in [1.165, 1.54) is 16.8 Å². The van der Waals surface area contributed by atoms with E-state index < -0.39 is 0 Å². The Balaban J connectivity index is 1.70. The molecule has 3 rings (SSSR count). The van der Waals surface area contributed by atoms with E-state index in [2.05, 4.69) is 51.8 Å². The number of aryl methyl sites for hydroxylation is 2. The van der Waals surface area contributed by atoms with E-state index in [1.807, 2.05) is 19.3 Å². The van der Waals surface area contributed by atoms with E-state index in [-0.39, 0.29) is 0 Å². The van der Waals surface area contributed by atoms with E-state index in [0.29, 0.717) is 0 Å². The summed E-state index contributed by atoms with van der Waals surface area (Å²) in [6.45, 7) is 10.4. The number of benzene rings is 1. The molecular formula is C17H22N4. The second kappa shape index (κ2) is 5.72. The van der Waals surface area contributed by atoms with Crippen molar-refractivity contribution in [1.29, 1.82) is 0 Å². The predicted octanol–water partition coefficient (Wildman–Crippen LogP) is 2.73. The molecule has 0 amide bonds. The van der Waals surface area contributed by atoms with Gasteiger partial charge >= 0.3 is 0 Å². The molecule has 1 fully saturated rings. The topological polar surface area (TPSA) is 32.3 Å². The lowest BCUT2D eigenvalue weighted by molar-refractivity contribution is 0.638. The Morgan fingerprint density at radius 2 is 1.48 bits per heavy atom. The molecule has 0 bridgehead atoms. The molecule has 1 aliphatic rings. The maximum absolute atomic E-state index is 4.43. The van der Waals surface area contributed by atoms with Gasteiger partial charge in [0.2, 0.25) is 5.95 Å². The lowest BCUT2D eigenvalue weighted by Crippen LogP contribution is -2.47. The Labute approximate surface area is 126 Å². The van der Waals surface area contributed by atoms with Gasteiger partial charge in [-0.3, -0.25) is 0 Å². The zero-order valence-corrected chi connectivity index (χ0v) is 13.0. The lowest BCUT2D eigenvalue weighted by atomic mass is 10.1. The van der Waals surface area contributed by atoms with E-state index in [9.17, 15) is 0 Å². The molecular weight excluding hydrogens is 260 g/mol. The summed E-state index contributed by atoms with van der Waals surface area (Å²) in [6, 6.07) is 6.54. The van der Waals surface area contributed by atoms with Crippen LogP contribution in [-0.2, 0) is 0 Å². The Hall–Kier alpha value is -2.10. The van der Waals surface area contributed by atoms with Crippen LogP contribution in [0.4, 0.5) is 11.6 Å². The summed E-state index contributed by atoms with van der Waals surface area (Å²) in [5.41, 5.74) is 5.21. The molecule has 4 nitrogen and oxygen atoms in total. The van der Waals surface area contributed by atoms with Crippen molar-refractivity contribution in [3.8, 4) is 0 Å². The number of hydrogen-bond donors (Lipinski definition) is 0. The first kappa shape index (κ1) is 13.9. The van der Waals surface area contributed by atoms with Crippen LogP contribution in [-0.4, -0.2) is 36.1 Å². The fraction of sp³-hybridized carbons (Fsp3) is 0.412. The predicted molar refractivity (Wildman–Crippen MR) is 87.1 cm³/mol. The van der Waals surface area contributed by atoms with Crippen LogP contribution in [0.1, 0.15) is 16.7 Å². The van der Waals surface area contributed by atoms with Gasteiger partial charge in [0.05, 0.1) is 0 Å². The van der Waals surface area contributed by atoms with Gasteiger partial charge in [-0.05, 0) is 43.5 Å². The molecule has 110 valence electrons. The molecule has 0 saturated carbocycles. The van der Waals surface area contributed by atoms with Crippen molar-refractivity contribution in [1.82, 2.24) is 9.97 Å². The van der Waals surface area contributed by atoms with Crippen molar-refractivity contribution in [2.24, 2.45) is 0 Å². The molecule has 4 heteroatoms. The Morgan fingerprint density at radius 1 is 0.857 bits per heavy atom. The highest BCUT2D eigenvalue weighted by Crippen LogP contribution is 2.24. The molecule has 21 heavy (non-hydrogen) atoms. The van der Waals surface area contributed by atoms with Gasteiger partial charge in [-0.15, -0.1) is 0 Å². The van der Waals surface area contributed by atoms with Gasteiger partial charge in [0, 0.05) is 44.3 Å². The highest BCUT2D eigenvalue weighted by Gasteiger charge is 2.20. The van der Waals surface area contributed by atoms with Crippen LogP contribution in [0.25, 0.3) is 0 Å². The van der Waals surface area contributed by atoms with E-state index >= 15 is 0 Å². The Morgan fingerprint density at radius 3 is 2.14 bits per heavy atom. The summed E-state index contributed by atoms with van der Waals surface area (Å²) in [5.74, 6) is 0.848. The van der Waals surface area contributed by atoms with Gasteiger partial charge in [-0.25, -0.2) is 9.97 Å². The molecule has 1 aliphatic heterocycles. The summed E-state index contributed by atoms with van der Waals surface area (Å²) < 4.78 is 0. The number of nitrogens with zero attached hydrogens (tertiary/aromatic N) is 4. The molecule has 1 saturated heterocycles. The fourth-order valence-corrected chi connectivity index (χ4v) is 2.77. The van der Waals surface area contributed by atoms with E-state index in [0.717, 1.165) is 37.7 Å². The number of hydrogen-bond acceptors (Lipinski definition) is 4. The quantitative estimate of drug-likeness (QED) is 0.848. The third kappa shape index (κ3) is 2.84. The molecule has 1 aromatic carbocycles. The van der Waals surface area contributed by atoms with Gasteiger partial charge in [0.15, 0.2) is 0 Å². The first-order valence-corrected chi connectivity index (χ1v) is 7.50. The maximum atomic E-state index is 4.43. The van der Waals surface area contributed by atoms with Crippen molar-refractivity contribution in [2.75, 3.05) is 36.0 Å². The molecule has 2 aromatic rings. The zero-order valence-electron chi connectivity index (χ0n) is 13.0. The molecule has 2 heterocycles. The van der Waals surface area contributed by atoms with Crippen LogP contribution >= 0.6 is 0 Å². The van der Waals surface area contributed by atoms with Crippen molar-refractivity contribution in [3.63, 3.8) is 0 Å². The van der Waals surface area contributed by atoms with Crippen LogP contribution in [0.5, 0.6) is 0 Å². The molecule has 0 unspecified atom stereocenters. The van der Waals surface area contributed by atoms with Gasteiger partial charge in [0.25, 0.3) is 0 Å². The van der Waals surface area contributed by atoms with Crippen molar-refractivity contribution < 1.29 is 0 Å². The minimum atomic E-state index is 0.848. The fourth-order valence-electron chi connectivity index (χ4n) is 2.77. The third-order valence-electron chi connectivity index (χ3n) is 4.25. The first-order valence-electron chi connectivity index (χ1n) is 7.50. The van der Waals surface area contributed by atoms with Crippen LogP contribution in [0.3, 0.4) is 0 Å². The van der Waals surface area contributed by atoms with Crippen LogP contribution in [0.15, 0.2) is 30.6 Å². The average Bonchev–Trinajstić information content (AvgIpc) is 2.51. The summed E-state index contributed by atoms with van der Waals surface area (Å²) in [6.07, 6.45) is 3.78. The summed E-state index contributed by atoms with van der Waals surface area (Å²) in [5, 5.41) is 0. The van der Waals surface area contributed by atoms with Crippen LogP contribution in [0, 0.1) is 20.8 Å². The highest BCUT2D eigenvalue weighted by atomic mass is 15.3. The molecule has 0 radical (unpaired) electrons. The number of piperazine rings is 1. The third-order valence-corrected chi connectivity index (χ3v) is 4.25. The molecule has 0 N–H and O–H groups in total. The number of aromatic nitrogens is 2. The second-order valence-corrected chi connectivity index (χ2v) is 5.75. The molecule has 0 aliphatic carbocycles. The summed E-state index contributed by atoms with van der Waals surface area (Å²) >= 11 is 0.